The summed E-state index contributed by atoms with van der Waals surface area (Å²) in [7, 11) is 0. The van der Waals surface area contributed by atoms with Crippen LogP contribution in [-0.4, -0.2) is 49.8 Å². The number of nitrogens with zero attached hydrogens (tertiary/aromatic N) is 1. The molecular formula is C13H28N2O. The first-order valence-electron chi connectivity index (χ1n) is 6.47. The summed E-state index contributed by atoms with van der Waals surface area (Å²) < 4.78 is 5.64. The number of nitrogens with one attached hydrogen (secondary N) is 1. The lowest BCUT2D eigenvalue weighted by atomic mass is 9.84. The van der Waals surface area contributed by atoms with E-state index < -0.39 is 0 Å². The maximum atomic E-state index is 5.64. The quantitative estimate of drug-likeness (QED) is 0.793. The second kappa shape index (κ2) is 5.99. The molecule has 1 aliphatic rings. The van der Waals surface area contributed by atoms with Crippen LogP contribution in [0.1, 0.15) is 34.6 Å². The van der Waals surface area contributed by atoms with Crippen LogP contribution in [0, 0.1) is 5.41 Å². The summed E-state index contributed by atoms with van der Waals surface area (Å²) in [6, 6.07) is 0.622. The highest BCUT2D eigenvalue weighted by Crippen LogP contribution is 2.25. The molecule has 16 heavy (non-hydrogen) atoms. The summed E-state index contributed by atoms with van der Waals surface area (Å²) in [6.07, 6.45) is 0.344. The molecule has 3 nitrogen and oxygen atoms in total. The first-order chi connectivity index (χ1) is 7.41. The van der Waals surface area contributed by atoms with Gasteiger partial charge in [0.1, 0.15) is 0 Å². The SMILES string of the molecule is CC(C)OCCN1CCNCC1C(C)(C)C. The van der Waals surface area contributed by atoms with Crippen molar-refractivity contribution in [2.75, 3.05) is 32.8 Å². The Morgan fingerprint density at radius 2 is 2.06 bits per heavy atom. The molecule has 0 aliphatic carbocycles. The van der Waals surface area contributed by atoms with Crippen molar-refractivity contribution in [2.45, 2.75) is 46.8 Å². The Bertz CT molecular complexity index is 199. The summed E-state index contributed by atoms with van der Waals surface area (Å²) in [5.41, 5.74) is 0.339. The van der Waals surface area contributed by atoms with Crippen molar-refractivity contribution in [1.29, 1.82) is 0 Å². The third-order valence-electron chi connectivity index (χ3n) is 3.18. The number of piperazine rings is 1. The zero-order chi connectivity index (χ0) is 12.2. The summed E-state index contributed by atoms with van der Waals surface area (Å²) in [5.74, 6) is 0. The van der Waals surface area contributed by atoms with Gasteiger partial charge in [0, 0.05) is 32.2 Å². The summed E-state index contributed by atoms with van der Waals surface area (Å²) in [5, 5.41) is 3.49. The Kier molecular flexibility index (Phi) is 5.22. The Balaban J connectivity index is 2.41. The van der Waals surface area contributed by atoms with E-state index >= 15 is 0 Å². The van der Waals surface area contributed by atoms with Gasteiger partial charge in [0.05, 0.1) is 12.7 Å². The second-order valence-electron chi connectivity index (χ2n) is 6.04. The lowest BCUT2D eigenvalue weighted by Gasteiger charge is -2.43. The van der Waals surface area contributed by atoms with Crippen LogP contribution in [0.5, 0.6) is 0 Å². The molecule has 1 aliphatic heterocycles. The van der Waals surface area contributed by atoms with Crippen LogP contribution >= 0.6 is 0 Å². The van der Waals surface area contributed by atoms with Crippen molar-refractivity contribution >= 4 is 0 Å². The number of hydrogen-bond acceptors (Lipinski definition) is 3. The third-order valence-corrected chi connectivity index (χ3v) is 3.18. The largest absolute Gasteiger partial charge is 0.377 e. The minimum atomic E-state index is 0.339. The summed E-state index contributed by atoms with van der Waals surface area (Å²) in [4.78, 5) is 2.57. The molecule has 0 aromatic rings. The maximum absolute atomic E-state index is 5.64. The van der Waals surface area contributed by atoms with E-state index in [-0.39, 0.29) is 0 Å². The standard InChI is InChI=1S/C13H28N2O/c1-11(2)16-9-8-15-7-6-14-10-12(15)13(3,4)5/h11-12,14H,6-10H2,1-5H3. The normalized spacial score (nSPS) is 24.0. The van der Waals surface area contributed by atoms with E-state index in [0.29, 0.717) is 17.6 Å². The molecule has 1 saturated heterocycles. The van der Waals surface area contributed by atoms with Crippen molar-refractivity contribution in [3.63, 3.8) is 0 Å². The second-order valence-corrected chi connectivity index (χ2v) is 6.04. The van der Waals surface area contributed by atoms with Crippen molar-refractivity contribution in [1.82, 2.24) is 10.2 Å². The van der Waals surface area contributed by atoms with E-state index in [4.69, 9.17) is 4.74 Å². The Labute approximate surface area is 101 Å². The van der Waals surface area contributed by atoms with Gasteiger partial charge in [-0.25, -0.2) is 0 Å². The van der Waals surface area contributed by atoms with E-state index in [9.17, 15) is 0 Å². The van der Waals surface area contributed by atoms with Crippen LogP contribution in [0.3, 0.4) is 0 Å². The molecule has 1 rings (SSSR count). The molecule has 1 unspecified atom stereocenters. The van der Waals surface area contributed by atoms with Gasteiger partial charge in [-0.2, -0.15) is 0 Å². The number of rotatable bonds is 4. The van der Waals surface area contributed by atoms with Crippen LogP contribution in [0.4, 0.5) is 0 Å². The first kappa shape index (κ1) is 13.9. The molecule has 3 heteroatoms. The molecule has 1 atom stereocenters. The van der Waals surface area contributed by atoms with Crippen molar-refractivity contribution in [3.8, 4) is 0 Å². The Hall–Kier alpha value is -0.120. The fraction of sp³-hybridized carbons (Fsp3) is 1.00. The van der Waals surface area contributed by atoms with Gasteiger partial charge < -0.3 is 10.1 Å². The molecule has 0 radical (unpaired) electrons. The van der Waals surface area contributed by atoms with E-state index in [1.54, 1.807) is 0 Å². The van der Waals surface area contributed by atoms with Crippen LogP contribution in [0.15, 0.2) is 0 Å². The molecule has 1 fully saturated rings. The third kappa shape index (κ3) is 4.40. The van der Waals surface area contributed by atoms with Crippen LogP contribution in [0.2, 0.25) is 0 Å². The van der Waals surface area contributed by atoms with Gasteiger partial charge in [0.15, 0.2) is 0 Å². The molecule has 1 heterocycles. The molecule has 0 aromatic carbocycles. The van der Waals surface area contributed by atoms with Gasteiger partial charge in [0.25, 0.3) is 0 Å². The summed E-state index contributed by atoms with van der Waals surface area (Å²) >= 11 is 0. The van der Waals surface area contributed by atoms with Gasteiger partial charge in [-0.1, -0.05) is 20.8 Å². The molecule has 0 spiro atoms. The fourth-order valence-corrected chi connectivity index (χ4v) is 2.27. The number of hydrogen-bond donors (Lipinski definition) is 1. The van der Waals surface area contributed by atoms with Gasteiger partial charge >= 0.3 is 0 Å². The van der Waals surface area contributed by atoms with Crippen LogP contribution in [-0.2, 0) is 4.74 Å². The average molecular weight is 228 g/mol. The van der Waals surface area contributed by atoms with Crippen LogP contribution in [0.25, 0.3) is 0 Å². The smallest absolute Gasteiger partial charge is 0.0597 e. The van der Waals surface area contributed by atoms with E-state index in [0.717, 1.165) is 32.8 Å². The predicted molar refractivity (Wildman–Crippen MR) is 68.8 cm³/mol. The number of ether oxygens (including phenoxy) is 1. The average Bonchev–Trinajstić information content (AvgIpc) is 2.16. The maximum Gasteiger partial charge on any atom is 0.0597 e. The lowest BCUT2D eigenvalue weighted by molar-refractivity contribution is 0.0192. The minimum Gasteiger partial charge on any atom is -0.377 e. The molecule has 0 bridgehead atoms. The summed E-state index contributed by atoms with van der Waals surface area (Å²) in [6.45, 7) is 16.4. The fourth-order valence-electron chi connectivity index (χ4n) is 2.27. The van der Waals surface area contributed by atoms with E-state index in [2.05, 4.69) is 44.8 Å². The van der Waals surface area contributed by atoms with Gasteiger partial charge in [-0.3, -0.25) is 4.90 Å². The molecule has 0 saturated carbocycles. The van der Waals surface area contributed by atoms with Gasteiger partial charge in [-0.05, 0) is 19.3 Å². The van der Waals surface area contributed by atoms with Crippen molar-refractivity contribution < 1.29 is 4.74 Å². The molecular weight excluding hydrogens is 200 g/mol. The monoisotopic (exact) mass is 228 g/mol. The van der Waals surface area contributed by atoms with Crippen molar-refractivity contribution in [2.24, 2.45) is 5.41 Å². The molecule has 1 N–H and O–H groups in total. The molecule has 0 amide bonds. The molecule has 0 aromatic heterocycles. The Morgan fingerprint density at radius 1 is 1.38 bits per heavy atom. The topological polar surface area (TPSA) is 24.5 Å². The zero-order valence-corrected chi connectivity index (χ0v) is 11.5. The van der Waals surface area contributed by atoms with E-state index in [1.807, 2.05) is 0 Å². The van der Waals surface area contributed by atoms with Crippen molar-refractivity contribution in [3.05, 3.63) is 0 Å². The predicted octanol–water partition coefficient (Wildman–Crippen LogP) is 1.73. The highest BCUT2D eigenvalue weighted by molar-refractivity contribution is 4.88. The molecule has 96 valence electrons. The van der Waals surface area contributed by atoms with E-state index in [1.165, 1.54) is 0 Å². The minimum absolute atomic E-state index is 0.339. The lowest BCUT2D eigenvalue weighted by Crippen LogP contribution is -2.57. The zero-order valence-electron chi connectivity index (χ0n) is 11.5. The highest BCUT2D eigenvalue weighted by Gasteiger charge is 2.31. The Morgan fingerprint density at radius 3 is 2.62 bits per heavy atom. The van der Waals surface area contributed by atoms with Gasteiger partial charge in [0.2, 0.25) is 0 Å². The first-order valence-corrected chi connectivity index (χ1v) is 6.47. The van der Waals surface area contributed by atoms with Gasteiger partial charge in [-0.15, -0.1) is 0 Å². The highest BCUT2D eigenvalue weighted by atomic mass is 16.5. The van der Waals surface area contributed by atoms with Crippen LogP contribution < -0.4 is 5.32 Å².